The predicted octanol–water partition coefficient (Wildman–Crippen LogP) is 2.59. The van der Waals surface area contributed by atoms with Crippen molar-refractivity contribution >= 4 is 29.1 Å². The van der Waals surface area contributed by atoms with Gasteiger partial charge in [-0.3, -0.25) is 10.1 Å². The van der Waals surface area contributed by atoms with Crippen molar-refractivity contribution in [3.8, 4) is 0 Å². The Labute approximate surface area is 111 Å². The summed E-state index contributed by atoms with van der Waals surface area (Å²) in [5.41, 5.74) is 0.0419. The van der Waals surface area contributed by atoms with E-state index < -0.39 is 4.92 Å². The molecule has 0 radical (unpaired) electrons. The van der Waals surface area contributed by atoms with E-state index >= 15 is 0 Å². The Morgan fingerprint density at radius 2 is 2.06 bits per heavy atom. The Balaban J connectivity index is 2.85. The van der Waals surface area contributed by atoms with Gasteiger partial charge in [0.05, 0.1) is 17.1 Å². The van der Waals surface area contributed by atoms with E-state index in [1.165, 1.54) is 12.1 Å². The lowest BCUT2D eigenvalue weighted by molar-refractivity contribution is -0.384. The molecule has 0 spiro atoms. The third kappa shape index (κ3) is 4.40. The highest BCUT2D eigenvalue weighted by molar-refractivity contribution is 7.99. The van der Waals surface area contributed by atoms with Crippen LogP contribution in [0.4, 0.5) is 17.3 Å². The van der Waals surface area contributed by atoms with Gasteiger partial charge >= 0.3 is 0 Å². The van der Waals surface area contributed by atoms with Crippen LogP contribution in [0.2, 0.25) is 0 Å². The Morgan fingerprint density at radius 3 is 2.56 bits per heavy atom. The fraction of sp³-hybridized carbons (Fsp3) is 0.545. The van der Waals surface area contributed by atoms with E-state index in [1.54, 1.807) is 11.8 Å². The smallest absolute Gasteiger partial charge is 0.276 e. The second-order valence-corrected chi connectivity index (χ2v) is 5.09. The van der Waals surface area contributed by atoms with Crippen molar-refractivity contribution in [3.63, 3.8) is 0 Å². The number of nitrogens with zero attached hydrogens (tertiary/aromatic N) is 2. The molecule has 18 heavy (non-hydrogen) atoms. The molecule has 100 valence electrons. The molecule has 0 fully saturated rings. The minimum absolute atomic E-state index is 0.0419. The molecule has 7 heteroatoms. The molecule has 6 nitrogen and oxygen atoms in total. The Kier molecular flexibility index (Phi) is 5.70. The maximum Gasteiger partial charge on any atom is 0.276 e. The molecule has 0 saturated heterocycles. The molecule has 0 aliphatic heterocycles. The van der Waals surface area contributed by atoms with Crippen LogP contribution in [0.5, 0.6) is 0 Å². The second kappa shape index (κ2) is 7.05. The summed E-state index contributed by atoms with van der Waals surface area (Å²) in [6.07, 6.45) is 2.03. The number of nitrogens with one attached hydrogen (secondary N) is 2. The molecule has 1 aromatic heterocycles. The van der Waals surface area contributed by atoms with Gasteiger partial charge in [-0.05, 0) is 13.2 Å². The summed E-state index contributed by atoms with van der Waals surface area (Å²) in [6.45, 7) is 5.40. The van der Waals surface area contributed by atoms with Gasteiger partial charge in [0.25, 0.3) is 5.69 Å². The number of aromatic nitrogens is 1. The number of hydrogen-bond donors (Lipinski definition) is 2. The maximum atomic E-state index is 10.8. The van der Waals surface area contributed by atoms with E-state index in [0.29, 0.717) is 23.4 Å². The molecule has 1 aromatic rings. The monoisotopic (exact) mass is 270 g/mol. The van der Waals surface area contributed by atoms with Crippen LogP contribution in [0.1, 0.15) is 13.8 Å². The first kappa shape index (κ1) is 14.6. The van der Waals surface area contributed by atoms with Crippen molar-refractivity contribution in [2.45, 2.75) is 19.1 Å². The molecule has 0 aromatic carbocycles. The molecule has 0 saturated carbocycles. The van der Waals surface area contributed by atoms with Crippen LogP contribution in [-0.4, -0.2) is 34.5 Å². The van der Waals surface area contributed by atoms with Crippen molar-refractivity contribution in [2.75, 3.05) is 30.0 Å². The van der Waals surface area contributed by atoms with Crippen LogP contribution in [0.3, 0.4) is 0 Å². The molecule has 0 aliphatic rings. The summed E-state index contributed by atoms with van der Waals surface area (Å²) in [6, 6.07) is 2.89. The third-order valence-electron chi connectivity index (χ3n) is 2.35. The van der Waals surface area contributed by atoms with Gasteiger partial charge in [0.15, 0.2) is 0 Å². The van der Waals surface area contributed by atoms with Gasteiger partial charge in [-0.2, -0.15) is 11.8 Å². The van der Waals surface area contributed by atoms with E-state index in [9.17, 15) is 10.1 Å². The van der Waals surface area contributed by atoms with Crippen molar-refractivity contribution in [2.24, 2.45) is 0 Å². The van der Waals surface area contributed by atoms with Gasteiger partial charge in [0, 0.05) is 18.3 Å². The standard InChI is InChI=1S/C11H18N4O2S/c1-4-12-10-5-9(15(16)17)6-11(14-10)13-7-8(2)18-3/h5-6,8H,4,7H2,1-3H3,(H2,12,13,14). The Bertz CT molecular complexity index is 414. The zero-order valence-electron chi connectivity index (χ0n) is 10.8. The first-order valence-electron chi connectivity index (χ1n) is 5.73. The second-order valence-electron chi connectivity index (χ2n) is 3.81. The summed E-state index contributed by atoms with van der Waals surface area (Å²) in [4.78, 5) is 14.7. The van der Waals surface area contributed by atoms with Crippen molar-refractivity contribution < 1.29 is 4.92 Å². The molecular weight excluding hydrogens is 252 g/mol. The van der Waals surface area contributed by atoms with Gasteiger partial charge in [0.1, 0.15) is 11.6 Å². The molecule has 1 heterocycles. The molecule has 0 aliphatic carbocycles. The normalized spacial score (nSPS) is 11.9. The van der Waals surface area contributed by atoms with Crippen molar-refractivity contribution in [1.82, 2.24) is 4.98 Å². The molecule has 1 unspecified atom stereocenters. The summed E-state index contributed by atoms with van der Waals surface area (Å²) in [5, 5.41) is 17.3. The lowest BCUT2D eigenvalue weighted by atomic mass is 10.3. The summed E-state index contributed by atoms with van der Waals surface area (Å²) in [7, 11) is 0. The number of rotatable bonds is 7. The lowest BCUT2D eigenvalue weighted by Crippen LogP contribution is -2.14. The topological polar surface area (TPSA) is 80.1 Å². The molecule has 1 rings (SSSR count). The minimum atomic E-state index is -0.411. The van der Waals surface area contributed by atoms with Crippen molar-refractivity contribution in [3.05, 3.63) is 22.2 Å². The number of nitro groups is 1. The Hall–Kier alpha value is -1.50. The van der Waals surface area contributed by atoms with Gasteiger partial charge in [-0.15, -0.1) is 0 Å². The SMILES string of the molecule is CCNc1cc([N+](=O)[O-])cc(NCC(C)SC)n1. The average molecular weight is 270 g/mol. The van der Waals surface area contributed by atoms with Gasteiger partial charge < -0.3 is 10.6 Å². The van der Waals surface area contributed by atoms with Gasteiger partial charge in [-0.25, -0.2) is 4.98 Å². The maximum absolute atomic E-state index is 10.8. The first-order chi connectivity index (χ1) is 8.56. The zero-order chi connectivity index (χ0) is 13.5. The minimum Gasteiger partial charge on any atom is -0.370 e. The zero-order valence-corrected chi connectivity index (χ0v) is 11.6. The summed E-state index contributed by atoms with van der Waals surface area (Å²) >= 11 is 1.73. The van der Waals surface area contributed by atoms with Crippen molar-refractivity contribution in [1.29, 1.82) is 0 Å². The molecule has 1 atom stereocenters. The highest BCUT2D eigenvalue weighted by Gasteiger charge is 2.11. The average Bonchev–Trinajstić information content (AvgIpc) is 2.36. The van der Waals surface area contributed by atoms with E-state index in [0.717, 1.165) is 6.54 Å². The van der Waals surface area contributed by atoms with Gasteiger partial charge in [0.2, 0.25) is 0 Å². The molecule has 0 amide bonds. The highest BCUT2D eigenvalue weighted by Crippen LogP contribution is 2.20. The van der Waals surface area contributed by atoms with Gasteiger partial charge in [-0.1, -0.05) is 6.92 Å². The largest absolute Gasteiger partial charge is 0.370 e. The van der Waals surface area contributed by atoms with Crippen LogP contribution in [0.15, 0.2) is 12.1 Å². The van der Waals surface area contributed by atoms with Crippen LogP contribution in [0, 0.1) is 10.1 Å². The quantitative estimate of drug-likeness (QED) is 0.585. The third-order valence-corrected chi connectivity index (χ3v) is 3.32. The van der Waals surface area contributed by atoms with E-state index in [2.05, 4.69) is 22.5 Å². The summed E-state index contributed by atoms with van der Waals surface area (Å²) < 4.78 is 0. The van der Waals surface area contributed by atoms with E-state index in [-0.39, 0.29) is 5.69 Å². The van der Waals surface area contributed by atoms with Crippen LogP contribution in [-0.2, 0) is 0 Å². The fourth-order valence-corrected chi connectivity index (χ4v) is 1.57. The molecule has 2 N–H and O–H groups in total. The highest BCUT2D eigenvalue weighted by atomic mass is 32.2. The molecule has 0 bridgehead atoms. The Morgan fingerprint density at radius 1 is 1.44 bits per heavy atom. The number of pyridine rings is 1. The first-order valence-corrected chi connectivity index (χ1v) is 7.02. The van der Waals surface area contributed by atoms with Crippen LogP contribution < -0.4 is 10.6 Å². The van der Waals surface area contributed by atoms with Crippen LogP contribution >= 0.6 is 11.8 Å². The molecular formula is C11H18N4O2S. The van der Waals surface area contributed by atoms with Crippen LogP contribution in [0.25, 0.3) is 0 Å². The number of thioether (sulfide) groups is 1. The predicted molar refractivity (Wildman–Crippen MR) is 76.5 cm³/mol. The lowest BCUT2D eigenvalue weighted by Gasteiger charge is -2.11. The van der Waals surface area contributed by atoms with E-state index in [4.69, 9.17) is 0 Å². The number of hydrogen-bond acceptors (Lipinski definition) is 6. The number of anilines is 2. The summed E-state index contributed by atoms with van der Waals surface area (Å²) in [5.74, 6) is 1.05. The van der Waals surface area contributed by atoms with E-state index in [1.807, 2.05) is 13.2 Å². The fourth-order valence-electron chi connectivity index (χ4n) is 1.32.